The number of amides is 1. The number of rotatable bonds is 4. The molecular weight excluding hydrogens is 254 g/mol. The van der Waals surface area contributed by atoms with Crippen LogP contribution in [0.25, 0.3) is 0 Å². The molecule has 1 unspecified atom stereocenters. The molecule has 2 N–H and O–H groups in total. The first-order valence-corrected chi connectivity index (χ1v) is 7.00. The highest BCUT2D eigenvalue weighted by molar-refractivity contribution is 5.78. The monoisotopic (exact) mass is 277 g/mol. The zero-order valence-electron chi connectivity index (χ0n) is 12.2. The van der Waals surface area contributed by atoms with Gasteiger partial charge in [0, 0.05) is 37.8 Å². The summed E-state index contributed by atoms with van der Waals surface area (Å²) in [6.45, 7) is 5.14. The van der Waals surface area contributed by atoms with Crippen LogP contribution in [0.5, 0.6) is 5.75 Å². The first-order valence-electron chi connectivity index (χ1n) is 7.00. The quantitative estimate of drug-likeness (QED) is 0.879. The molecule has 110 valence electrons. The Labute approximate surface area is 120 Å². The average Bonchev–Trinajstić information content (AvgIpc) is 2.45. The van der Waals surface area contributed by atoms with Crippen LogP contribution in [-0.4, -0.2) is 55.0 Å². The molecule has 0 spiro atoms. The Bertz CT molecular complexity index is 464. The Balaban J connectivity index is 1.92. The summed E-state index contributed by atoms with van der Waals surface area (Å²) in [4.78, 5) is 16.4. The number of piperazine rings is 1. The number of likely N-dealkylation sites (N-methyl/N-ethyl adjacent to an activating group) is 1. The number of nitrogens with zero attached hydrogens (tertiary/aromatic N) is 2. The molecule has 1 fully saturated rings. The maximum atomic E-state index is 12.2. The summed E-state index contributed by atoms with van der Waals surface area (Å²) in [6, 6.07) is 7.80. The molecule has 5 nitrogen and oxygen atoms in total. The summed E-state index contributed by atoms with van der Waals surface area (Å²) >= 11 is 0. The van der Waals surface area contributed by atoms with Crippen LogP contribution in [0.15, 0.2) is 24.3 Å². The number of ether oxygens (including phenoxy) is 1. The van der Waals surface area contributed by atoms with Gasteiger partial charge in [-0.25, -0.2) is 0 Å². The fraction of sp³-hybridized carbons (Fsp3) is 0.533. The Kier molecular flexibility index (Phi) is 4.98. The van der Waals surface area contributed by atoms with E-state index < -0.39 is 0 Å². The minimum atomic E-state index is 0.0393. The number of hydrogen-bond acceptors (Lipinski definition) is 4. The summed E-state index contributed by atoms with van der Waals surface area (Å²) in [5.74, 6) is 0.738. The molecule has 1 saturated heterocycles. The van der Waals surface area contributed by atoms with Gasteiger partial charge in [-0.3, -0.25) is 4.79 Å². The van der Waals surface area contributed by atoms with Gasteiger partial charge in [-0.15, -0.1) is 0 Å². The van der Waals surface area contributed by atoms with E-state index in [-0.39, 0.29) is 18.6 Å². The van der Waals surface area contributed by atoms with Crippen molar-refractivity contribution < 1.29 is 9.53 Å². The van der Waals surface area contributed by atoms with E-state index in [0.717, 1.165) is 25.2 Å². The highest BCUT2D eigenvalue weighted by Gasteiger charge is 2.25. The van der Waals surface area contributed by atoms with Gasteiger partial charge in [0.2, 0.25) is 0 Å². The molecule has 1 aromatic rings. The fourth-order valence-corrected chi connectivity index (χ4v) is 2.55. The first-order chi connectivity index (χ1) is 9.61. The molecule has 2 rings (SSSR count). The van der Waals surface area contributed by atoms with Crippen LogP contribution < -0.4 is 10.5 Å². The number of benzene rings is 1. The lowest BCUT2D eigenvalue weighted by Crippen LogP contribution is -2.53. The van der Waals surface area contributed by atoms with Gasteiger partial charge in [-0.2, -0.15) is 0 Å². The van der Waals surface area contributed by atoms with Crippen LogP contribution in [0.3, 0.4) is 0 Å². The highest BCUT2D eigenvalue weighted by atomic mass is 16.5. The lowest BCUT2D eigenvalue weighted by molar-refractivity contribution is -0.137. The second kappa shape index (κ2) is 6.72. The molecule has 0 radical (unpaired) electrons. The molecule has 5 heteroatoms. The van der Waals surface area contributed by atoms with E-state index in [4.69, 9.17) is 10.5 Å². The largest absolute Gasteiger partial charge is 0.483 e. The topological polar surface area (TPSA) is 58.8 Å². The van der Waals surface area contributed by atoms with Gasteiger partial charge >= 0.3 is 0 Å². The van der Waals surface area contributed by atoms with Gasteiger partial charge < -0.3 is 20.3 Å². The Morgan fingerprint density at radius 3 is 2.85 bits per heavy atom. The molecule has 0 aromatic heterocycles. The summed E-state index contributed by atoms with van der Waals surface area (Å²) in [5, 5.41) is 0. The molecule has 0 aliphatic carbocycles. The van der Waals surface area contributed by atoms with Crippen molar-refractivity contribution in [1.82, 2.24) is 9.80 Å². The van der Waals surface area contributed by atoms with Crippen LogP contribution in [-0.2, 0) is 11.3 Å². The molecule has 1 atom stereocenters. The molecule has 0 saturated carbocycles. The minimum absolute atomic E-state index is 0.0393. The number of carbonyl (C=O) groups is 1. The van der Waals surface area contributed by atoms with Crippen LogP contribution in [0, 0.1) is 0 Å². The van der Waals surface area contributed by atoms with Gasteiger partial charge in [0.25, 0.3) is 5.91 Å². The lowest BCUT2D eigenvalue weighted by atomic mass is 10.2. The highest BCUT2D eigenvalue weighted by Crippen LogP contribution is 2.17. The predicted molar refractivity (Wildman–Crippen MR) is 78.5 cm³/mol. The molecule has 1 aromatic carbocycles. The smallest absolute Gasteiger partial charge is 0.260 e. The maximum Gasteiger partial charge on any atom is 0.260 e. The molecule has 1 heterocycles. The van der Waals surface area contributed by atoms with Crippen LogP contribution in [0.2, 0.25) is 0 Å². The molecule has 1 aliphatic heterocycles. The first kappa shape index (κ1) is 14.8. The van der Waals surface area contributed by atoms with Crippen LogP contribution >= 0.6 is 0 Å². The van der Waals surface area contributed by atoms with E-state index in [1.54, 1.807) is 0 Å². The Morgan fingerprint density at radius 1 is 1.40 bits per heavy atom. The standard InChI is InChI=1S/C15H23N3O2/c1-12-10-17(2)7-8-18(12)15(19)11-20-14-6-4-3-5-13(14)9-16/h3-6,12H,7-11,16H2,1-2H3. The third-order valence-electron chi connectivity index (χ3n) is 3.69. The third-order valence-corrected chi connectivity index (χ3v) is 3.69. The second-order valence-corrected chi connectivity index (χ2v) is 5.30. The van der Waals surface area contributed by atoms with Crippen molar-refractivity contribution in [3.8, 4) is 5.75 Å². The molecular formula is C15H23N3O2. The van der Waals surface area contributed by atoms with E-state index in [2.05, 4.69) is 18.9 Å². The number of para-hydroxylation sites is 1. The third kappa shape index (κ3) is 3.49. The molecule has 20 heavy (non-hydrogen) atoms. The van der Waals surface area contributed by atoms with Gasteiger partial charge in [0.05, 0.1) is 0 Å². The van der Waals surface area contributed by atoms with E-state index in [1.807, 2.05) is 29.2 Å². The van der Waals surface area contributed by atoms with Crippen molar-refractivity contribution >= 4 is 5.91 Å². The summed E-state index contributed by atoms with van der Waals surface area (Å²) in [5.41, 5.74) is 6.58. The van der Waals surface area contributed by atoms with Crippen LogP contribution in [0.1, 0.15) is 12.5 Å². The summed E-state index contributed by atoms with van der Waals surface area (Å²) < 4.78 is 5.63. The van der Waals surface area contributed by atoms with E-state index in [1.165, 1.54) is 0 Å². The van der Waals surface area contributed by atoms with Crippen molar-refractivity contribution in [2.24, 2.45) is 5.73 Å². The zero-order valence-corrected chi connectivity index (χ0v) is 12.2. The van der Waals surface area contributed by atoms with Crippen molar-refractivity contribution in [1.29, 1.82) is 0 Å². The molecule has 0 bridgehead atoms. The maximum absolute atomic E-state index is 12.2. The van der Waals surface area contributed by atoms with Crippen LogP contribution in [0.4, 0.5) is 0 Å². The summed E-state index contributed by atoms with van der Waals surface area (Å²) in [6.07, 6.45) is 0. The number of hydrogen-bond donors (Lipinski definition) is 1. The van der Waals surface area contributed by atoms with Crippen molar-refractivity contribution in [2.75, 3.05) is 33.3 Å². The fourth-order valence-electron chi connectivity index (χ4n) is 2.55. The lowest BCUT2D eigenvalue weighted by Gasteiger charge is -2.38. The van der Waals surface area contributed by atoms with Gasteiger partial charge in [0.15, 0.2) is 6.61 Å². The predicted octanol–water partition coefficient (Wildman–Crippen LogP) is 0.687. The van der Waals surface area contributed by atoms with Crippen molar-refractivity contribution in [2.45, 2.75) is 19.5 Å². The molecule has 1 amide bonds. The van der Waals surface area contributed by atoms with Crippen molar-refractivity contribution in [3.05, 3.63) is 29.8 Å². The van der Waals surface area contributed by atoms with Gasteiger partial charge in [-0.05, 0) is 20.0 Å². The Morgan fingerprint density at radius 2 is 2.15 bits per heavy atom. The average molecular weight is 277 g/mol. The van der Waals surface area contributed by atoms with Gasteiger partial charge in [-0.1, -0.05) is 18.2 Å². The SMILES string of the molecule is CC1CN(C)CCN1C(=O)COc1ccccc1CN. The minimum Gasteiger partial charge on any atom is -0.483 e. The summed E-state index contributed by atoms with van der Waals surface area (Å²) in [7, 11) is 2.08. The molecule has 1 aliphatic rings. The van der Waals surface area contributed by atoms with E-state index >= 15 is 0 Å². The number of carbonyl (C=O) groups excluding carboxylic acids is 1. The van der Waals surface area contributed by atoms with Gasteiger partial charge in [0.1, 0.15) is 5.75 Å². The normalized spacial score (nSPS) is 19.9. The second-order valence-electron chi connectivity index (χ2n) is 5.30. The van der Waals surface area contributed by atoms with E-state index in [9.17, 15) is 4.79 Å². The van der Waals surface area contributed by atoms with E-state index in [0.29, 0.717) is 12.3 Å². The Hall–Kier alpha value is -1.59. The number of nitrogens with two attached hydrogens (primary N) is 1. The van der Waals surface area contributed by atoms with Crippen molar-refractivity contribution in [3.63, 3.8) is 0 Å². The zero-order chi connectivity index (χ0) is 14.5.